The average molecular weight is 528 g/mol. The number of hydrogen-bond donors (Lipinski definition) is 2. The van der Waals surface area contributed by atoms with E-state index < -0.39 is 0 Å². The van der Waals surface area contributed by atoms with Crippen LogP contribution in [0.4, 0.5) is 11.4 Å². The van der Waals surface area contributed by atoms with Crippen LogP contribution < -0.4 is 15.5 Å². The zero-order valence-electron chi connectivity index (χ0n) is 22.4. The molecule has 8 nitrogen and oxygen atoms in total. The number of nitrogens with zero attached hydrogens (tertiary/aromatic N) is 3. The molecule has 2 N–H and O–H groups in total. The Balaban J connectivity index is 1.27. The van der Waals surface area contributed by atoms with Crippen molar-refractivity contribution in [1.82, 2.24) is 15.1 Å². The SMILES string of the molecule is O=C(Nc1ccc(N2CCN(Cc3ccccc3)CC2)c(C(=O)NCCN2CCOCC2)c1)c1ccccc1. The molecule has 0 aromatic heterocycles. The number of morpholine rings is 1. The van der Waals surface area contributed by atoms with Gasteiger partial charge in [-0.25, -0.2) is 0 Å². The fourth-order valence-corrected chi connectivity index (χ4v) is 5.10. The van der Waals surface area contributed by atoms with E-state index in [2.05, 4.69) is 49.6 Å². The van der Waals surface area contributed by atoms with Crippen LogP contribution in [0, 0.1) is 0 Å². The molecule has 2 aliphatic heterocycles. The number of benzene rings is 3. The highest BCUT2D eigenvalue weighted by Gasteiger charge is 2.23. The second kappa shape index (κ2) is 13.4. The molecule has 0 spiro atoms. The van der Waals surface area contributed by atoms with Crippen molar-refractivity contribution in [3.8, 4) is 0 Å². The Morgan fingerprint density at radius 3 is 2.15 bits per heavy atom. The number of hydrogen-bond acceptors (Lipinski definition) is 6. The van der Waals surface area contributed by atoms with Crippen LogP contribution in [0.25, 0.3) is 0 Å². The van der Waals surface area contributed by atoms with E-state index in [4.69, 9.17) is 4.74 Å². The minimum atomic E-state index is -0.198. The number of anilines is 2. The van der Waals surface area contributed by atoms with Gasteiger partial charge in [-0.2, -0.15) is 0 Å². The van der Waals surface area contributed by atoms with Gasteiger partial charge in [-0.3, -0.25) is 19.4 Å². The molecular weight excluding hydrogens is 490 g/mol. The Morgan fingerprint density at radius 2 is 1.44 bits per heavy atom. The third-order valence-electron chi connectivity index (χ3n) is 7.31. The third-order valence-corrected chi connectivity index (χ3v) is 7.31. The first kappa shape index (κ1) is 26.9. The molecule has 2 amide bonds. The number of carbonyl (C=O) groups is 2. The Morgan fingerprint density at radius 1 is 0.744 bits per heavy atom. The molecule has 0 saturated carbocycles. The summed E-state index contributed by atoms with van der Waals surface area (Å²) in [5.41, 5.74) is 3.97. The van der Waals surface area contributed by atoms with Crippen molar-refractivity contribution in [2.75, 3.05) is 75.8 Å². The van der Waals surface area contributed by atoms with Gasteiger partial charge in [0.05, 0.1) is 18.8 Å². The number of rotatable bonds is 9. The zero-order valence-corrected chi connectivity index (χ0v) is 22.4. The molecule has 2 heterocycles. The van der Waals surface area contributed by atoms with Crippen molar-refractivity contribution in [1.29, 1.82) is 0 Å². The number of nitrogens with one attached hydrogen (secondary N) is 2. The zero-order chi connectivity index (χ0) is 26.9. The van der Waals surface area contributed by atoms with Crippen LogP contribution in [0.1, 0.15) is 26.3 Å². The molecule has 2 saturated heterocycles. The van der Waals surface area contributed by atoms with Crippen molar-refractivity contribution < 1.29 is 14.3 Å². The topological polar surface area (TPSA) is 77.2 Å². The van der Waals surface area contributed by atoms with Gasteiger partial charge in [-0.05, 0) is 35.9 Å². The molecule has 0 unspecified atom stereocenters. The molecule has 3 aromatic rings. The maximum Gasteiger partial charge on any atom is 0.255 e. The summed E-state index contributed by atoms with van der Waals surface area (Å²) in [6.07, 6.45) is 0. The molecular formula is C31H37N5O3. The minimum absolute atomic E-state index is 0.124. The van der Waals surface area contributed by atoms with Gasteiger partial charge >= 0.3 is 0 Å². The molecule has 0 aliphatic carbocycles. The Hall–Kier alpha value is -3.72. The first-order valence-electron chi connectivity index (χ1n) is 13.8. The summed E-state index contributed by atoms with van der Waals surface area (Å²) in [5, 5.41) is 6.07. The third kappa shape index (κ3) is 7.44. The fourth-order valence-electron chi connectivity index (χ4n) is 5.10. The van der Waals surface area contributed by atoms with E-state index in [1.54, 1.807) is 18.2 Å². The summed E-state index contributed by atoms with van der Waals surface area (Å²) in [6, 6.07) is 25.3. The highest BCUT2D eigenvalue weighted by atomic mass is 16.5. The van der Waals surface area contributed by atoms with E-state index in [0.717, 1.165) is 71.3 Å². The first-order chi connectivity index (χ1) is 19.2. The largest absolute Gasteiger partial charge is 0.379 e. The van der Waals surface area contributed by atoms with E-state index in [1.807, 2.05) is 36.4 Å². The molecule has 204 valence electrons. The normalized spacial score (nSPS) is 16.6. The molecule has 2 aliphatic rings. The van der Waals surface area contributed by atoms with Crippen LogP contribution >= 0.6 is 0 Å². The monoisotopic (exact) mass is 527 g/mol. The molecule has 2 fully saturated rings. The van der Waals surface area contributed by atoms with E-state index in [9.17, 15) is 9.59 Å². The lowest BCUT2D eigenvalue weighted by atomic mass is 10.1. The lowest BCUT2D eigenvalue weighted by Gasteiger charge is -2.37. The summed E-state index contributed by atoms with van der Waals surface area (Å²) < 4.78 is 5.42. The van der Waals surface area contributed by atoms with Crippen molar-refractivity contribution in [3.05, 3.63) is 95.6 Å². The van der Waals surface area contributed by atoms with E-state index in [0.29, 0.717) is 23.4 Å². The molecule has 8 heteroatoms. The van der Waals surface area contributed by atoms with Crippen molar-refractivity contribution in [3.63, 3.8) is 0 Å². The number of piperazine rings is 1. The van der Waals surface area contributed by atoms with Crippen LogP contribution in [-0.2, 0) is 11.3 Å². The van der Waals surface area contributed by atoms with Crippen LogP contribution in [-0.4, -0.2) is 87.2 Å². The molecule has 0 radical (unpaired) electrons. The Bertz CT molecular complexity index is 1220. The van der Waals surface area contributed by atoms with Gasteiger partial charge in [0.15, 0.2) is 0 Å². The number of carbonyl (C=O) groups excluding carboxylic acids is 2. The van der Waals surface area contributed by atoms with Crippen molar-refractivity contribution in [2.24, 2.45) is 0 Å². The molecule has 0 bridgehead atoms. The van der Waals surface area contributed by atoms with Crippen LogP contribution in [0.5, 0.6) is 0 Å². The van der Waals surface area contributed by atoms with Gasteiger partial charge in [-0.15, -0.1) is 0 Å². The lowest BCUT2D eigenvalue weighted by molar-refractivity contribution is 0.0383. The smallest absolute Gasteiger partial charge is 0.255 e. The Kier molecular flexibility index (Phi) is 9.21. The summed E-state index contributed by atoms with van der Waals surface area (Å²) >= 11 is 0. The summed E-state index contributed by atoms with van der Waals surface area (Å²) in [5.74, 6) is -0.322. The van der Waals surface area contributed by atoms with Crippen LogP contribution in [0.15, 0.2) is 78.9 Å². The summed E-state index contributed by atoms with van der Waals surface area (Å²) in [6.45, 7) is 9.00. The molecule has 5 rings (SSSR count). The summed E-state index contributed by atoms with van der Waals surface area (Å²) in [7, 11) is 0. The van der Waals surface area contributed by atoms with Crippen LogP contribution in [0.3, 0.4) is 0 Å². The predicted octanol–water partition coefficient (Wildman–Crippen LogP) is 3.32. The standard InChI is InChI=1S/C31H37N5O3/c37-30(26-9-5-2-6-10-26)33-27-11-12-29(28(23-27)31(38)32-13-14-34-19-21-39-22-20-34)36-17-15-35(16-18-36)24-25-7-3-1-4-8-25/h1-12,23H,13-22,24H2,(H,32,38)(H,33,37). The van der Waals surface area contributed by atoms with Crippen molar-refractivity contribution >= 4 is 23.2 Å². The average Bonchev–Trinajstić information content (AvgIpc) is 2.99. The number of amides is 2. The van der Waals surface area contributed by atoms with E-state index in [-0.39, 0.29) is 11.8 Å². The van der Waals surface area contributed by atoms with Crippen LogP contribution in [0.2, 0.25) is 0 Å². The predicted molar refractivity (Wildman–Crippen MR) is 154 cm³/mol. The molecule has 0 atom stereocenters. The van der Waals surface area contributed by atoms with E-state index >= 15 is 0 Å². The quantitative estimate of drug-likeness (QED) is 0.445. The highest BCUT2D eigenvalue weighted by molar-refractivity contribution is 6.06. The Labute approximate surface area is 230 Å². The van der Waals surface area contributed by atoms with Gasteiger partial charge in [-0.1, -0.05) is 48.5 Å². The van der Waals surface area contributed by atoms with Gasteiger partial charge in [0, 0.05) is 75.8 Å². The van der Waals surface area contributed by atoms with Gasteiger partial charge in [0.1, 0.15) is 0 Å². The maximum atomic E-state index is 13.5. The summed E-state index contributed by atoms with van der Waals surface area (Å²) in [4.78, 5) is 33.3. The van der Waals surface area contributed by atoms with Crippen molar-refractivity contribution in [2.45, 2.75) is 6.54 Å². The molecule has 39 heavy (non-hydrogen) atoms. The maximum absolute atomic E-state index is 13.5. The second-order valence-electron chi connectivity index (χ2n) is 10.0. The van der Waals surface area contributed by atoms with Gasteiger partial charge in [0.25, 0.3) is 11.8 Å². The van der Waals surface area contributed by atoms with Gasteiger partial charge in [0.2, 0.25) is 0 Å². The minimum Gasteiger partial charge on any atom is -0.379 e. The first-order valence-corrected chi connectivity index (χ1v) is 13.8. The highest BCUT2D eigenvalue weighted by Crippen LogP contribution is 2.26. The number of ether oxygens (including phenoxy) is 1. The second-order valence-corrected chi connectivity index (χ2v) is 10.0. The lowest BCUT2D eigenvalue weighted by Crippen LogP contribution is -2.46. The fraction of sp³-hybridized carbons (Fsp3) is 0.355. The van der Waals surface area contributed by atoms with E-state index in [1.165, 1.54) is 5.56 Å². The van der Waals surface area contributed by atoms with Gasteiger partial charge < -0.3 is 20.3 Å². The molecule has 3 aromatic carbocycles.